The number of amides is 4. The normalized spacial score (nSPS) is 12.6. The summed E-state index contributed by atoms with van der Waals surface area (Å²) in [6.45, 7) is 32.4. The van der Waals surface area contributed by atoms with E-state index in [9.17, 15) is 19.2 Å². The number of unbranched alkanes of at least 4 members (excludes halogenated alkanes) is 8. The molecule has 0 unspecified atom stereocenters. The quantitative estimate of drug-likeness (QED) is 0.0426. The number of carbonyl (C=O) groups is 4. The maximum atomic E-state index is 14.3. The van der Waals surface area contributed by atoms with Crippen molar-refractivity contribution in [2.75, 3.05) is 74.2 Å². The molecule has 0 N–H and O–H groups in total. The van der Waals surface area contributed by atoms with Crippen LogP contribution < -0.4 is 38.5 Å². The fraction of sp³-hybridized carbons (Fsp3) is 0.611. The van der Waals surface area contributed by atoms with Crippen molar-refractivity contribution in [3.8, 4) is 23.0 Å². The number of fused-ring (bicyclic) bond motifs is 8. The molecule has 88 heavy (non-hydrogen) atoms. The minimum atomic E-state index is -0.795. The Hall–Kier alpha value is -6.84. The molecule has 0 atom stereocenters. The Kier molecular flexibility index (Phi) is 26.2. The number of hydrogen-bond donors (Lipinski definition) is 0. The molecule has 0 saturated heterocycles. The van der Waals surface area contributed by atoms with E-state index in [0.717, 1.165) is 122 Å². The van der Waals surface area contributed by atoms with E-state index in [0.29, 0.717) is 72.2 Å². The average molecular weight is 1220 g/mol. The zero-order valence-electron chi connectivity index (χ0n) is 57.4. The first-order chi connectivity index (χ1) is 41.3. The van der Waals surface area contributed by atoms with E-state index in [1.807, 2.05) is 132 Å². The number of ether oxygens (including phenoxy) is 8. The highest BCUT2D eigenvalue weighted by atomic mass is 16.6. The molecular formula is C72H108N4O12. The summed E-state index contributed by atoms with van der Waals surface area (Å²) in [5, 5.41) is 0. The molecule has 4 aromatic carbocycles. The average Bonchev–Trinajstić information content (AvgIpc) is 1.36. The Bertz CT molecular complexity index is 2490. The van der Waals surface area contributed by atoms with E-state index < -0.39 is 46.8 Å². The predicted molar refractivity (Wildman–Crippen MR) is 356 cm³/mol. The van der Waals surface area contributed by atoms with Gasteiger partial charge in [0, 0.05) is 121 Å². The van der Waals surface area contributed by atoms with Crippen LogP contribution in [0.25, 0.3) is 0 Å². The van der Waals surface area contributed by atoms with E-state index in [4.69, 9.17) is 37.9 Å². The molecule has 0 aromatic heterocycles. The molecule has 0 spiro atoms. The summed E-state index contributed by atoms with van der Waals surface area (Å²) in [5.41, 5.74) is 5.08. The lowest BCUT2D eigenvalue weighted by Crippen LogP contribution is -2.34. The first kappa shape index (κ1) is 71.9. The maximum absolute atomic E-state index is 14.3. The number of anilines is 4. The molecule has 1 aliphatic carbocycles. The van der Waals surface area contributed by atoms with Crippen LogP contribution in [0.5, 0.6) is 23.0 Å². The highest BCUT2D eigenvalue weighted by Crippen LogP contribution is 2.45. The highest BCUT2D eigenvalue weighted by molar-refractivity contribution is 5.91. The molecule has 8 bridgehead atoms. The van der Waals surface area contributed by atoms with Gasteiger partial charge in [-0.1, -0.05) is 79.1 Å². The van der Waals surface area contributed by atoms with Crippen LogP contribution in [0.1, 0.15) is 232 Å². The van der Waals surface area contributed by atoms with Crippen molar-refractivity contribution in [1.29, 1.82) is 0 Å². The van der Waals surface area contributed by atoms with Gasteiger partial charge >= 0.3 is 24.4 Å². The van der Waals surface area contributed by atoms with Gasteiger partial charge in [-0.2, -0.15) is 0 Å². The van der Waals surface area contributed by atoms with Crippen LogP contribution in [0.15, 0.2) is 48.5 Å². The molecule has 0 fully saturated rings. The standard InChI is InChI=1S/C72H108N4O12/c1-21-25-29-33-81-61-49-37-51-43-58(74(18)66(78)86-70(8,9)10)45-53(62(51)82-34-30-26-22-2)39-55-47-60(76(20)68(80)88-72(14,15)16)48-56(64(55)84-36-32-28-24-4)40-54-46-59(75(19)67(79)87-71(11,12)13)44-52(63(54)83-35-31-27-23-3)38-50(61)42-57(41-49)73(17)65(77)85-69(5,6)7/h41-48H,21-40H2,1-20H3. The van der Waals surface area contributed by atoms with Crippen LogP contribution in [-0.4, -0.2) is 101 Å². The van der Waals surface area contributed by atoms with Crippen molar-refractivity contribution in [2.45, 2.75) is 236 Å². The van der Waals surface area contributed by atoms with Crippen molar-refractivity contribution < 1.29 is 57.1 Å². The number of rotatable bonds is 24. The van der Waals surface area contributed by atoms with Gasteiger partial charge < -0.3 is 37.9 Å². The van der Waals surface area contributed by atoms with Crippen LogP contribution in [-0.2, 0) is 44.6 Å². The van der Waals surface area contributed by atoms with Crippen molar-refractivity contribution >= 4 is 47.1 Å². The number of hydrogen-bond acceptors (Lipinski definition) is 12. The van der Waals surface area contributed by atoms with Gasteiger partial charge in [0.2, 0.25) is 0 Å². The molecule has 5 rings (SSSR count). The summed E-state index contributed by atoms with van der Waals surface area (Å²) < 4.78 is 52.7. The van der Waals surface area contributed by atoms with Crippen LogP contribution >= 0.6 is 0 Å². The highest BCUT2D eigenvalue weighted by Gasteiger charge is 2.31. The van der Waals surface area contributed by atoms with Crippen molar-refractivity contribution in [1.82, 2.24) is 0 Å². The van der Waals surface area contributed by atoms with Gasteiger partial charge in [-0.05, 0) is 157 Å². The first-order valence-corrected chi connectivity index (χ1v) is 32.3. The van der Waals surface area contributed by atoms with Crippen molar-refractivity contribution in [3.63, 3.8) is 0 Å². The summed E-state index contributed by atoms with van der Waals surface area (Å²) >= 11 is 0. The predicted octanol–water partition coefficient (Wildman–Crippen LogP) is 18.1. The second-order valence-electron chi connectivity index (χ2n) is 27.5. The fourth-order valence-corrected chi connectivity index (χ4v) is 10.2. The van der Waals surface area contributed by atoms with Crippen LogP contribution in [0.2, 0.25) is 0 Å². The van der Waals surface area contributed by atoms with Gasteiger partial charge in [-0.3, -0.25) is 19.6 Å². The third-order valence-electron chi connectivity index (χ3n) is 14.6. The molecule has 4 amide bonds. The van der Waals surface area contributed by atoms with E-state index >= 15 is 0 Å². The van der Waals surface area contributed by atoms with Gasteiger partial charge in [0.05, 0.1) is 26.4 Å². The van der Waals surface area contributed by atoms with E-state index in [2.05, 4.69) is 27.7 Å². The summed E-state index contributed by atoms with van der Waals surface area (Å²) in [7, 11) is 6.84. The molecule has 488 valence electrons. The van der Waals surface area contributed by atoms with E-state index in [1.165, 1.54) is 19.6 Å². The van der Waals surface area contributed by atoms with Gasteiger partial charge in [-0.25, -0.2) is 19.2 Å². The third-order valence-corrected chi connectivity index (χ3v) is 14.6. The van der Waals surface area contributed by atoms with Crippen LogP contribution in [0.3, 0.4) is 0 Å². The second kappa shape index (κ2) is 32.1. The second-order valence-corrected chi connectivity index (χ2v) is 27.5. The molecule has 0 saturated carbocycles. The molecule has 0 aliphatic heterocycles. The summed E-state index contributed by atoms with van der Waals surface area (Å²) in [6, 6.07) is 15.9. The molecule has 4 aromatic rings. The Morgan fingerprint density at radius 2 is 0.466 bits per heavy atom. The SMILES string of the molecule is CCCCCOc1c2cc(N(C)C(=O)OC(C)(C)C)cc1Cc1cc(N(C)C(=O)OC(C)(C)C)cc(c1OCCCCC)Cc1cc(N(C)C(=O)OC(C)(C)C)cc(c1OCCCCC)Cc1cc(N(C)C(=O)OC(C)(C)C)cc(c1OCCCCC)C2. The zero-order valence-corrected chi connectivity index (χ0v) is 57.4. The lowest BCUT2D eigenvalue weighted by molar-refractivity contribution is 0.0578. The fourth-order valence-electron chi connectivity index (χ4n) is 10.2. The van der Waals surface area contributed by atoms with E-state index in [-0.39, 0.29) is 25.7 Å². The van der Waals surface area contributed by atoms with Crippen LogP contribution in [0, 0.1) is 0 Å². The molecule has 16 heteroatoms. The smallest absolute Gasteiger partial charge is 0.414 e. The third kappa shape index (κ3) is 21.7. The van der Waals surface area contributed by atoms with E-state index in [1.54, 1.807) is 28.2 Å². The lowest BCUT2D eigenvalue weighted by Gasteiger charge is -2.29. The Morgan fingerprint density at radius 3 is 0.602 bits per heavy atom. The maximum Gasteiger partial charge on any atom is 0.414 e. The number of nitrogens with zero attached hydrogens (tertiary/aromatic N) is 4. The Labute approximate surface area is 528 Å². The van der Waals surface area contributed by atoms with Gasteiger partial charge in [0.1, 0.15) is 45.4 Å². The minimum absolute atomic E-state index is 0.221. The zero-order chi connectivity index (χ0) is 65.3. The first-order valence-electron chi connectivity index (χ1n) is 32.3. The molecule has 0 radical (unpaired) electrons. The minimum Gasteiger partial charge on any atom is -0.493 e. The lowest BCUT2D eigenvalue weighted by atomic mass is 9.89. The van der Waals surface area contributed by atoms with Gasteiger partial charge in [0.25, 0.3) is 0 Å². The molecule has 0 heterocycles. The van der Waals surface area contributed by atoms with Crippen molar-refractivity contribution in [3.05, 3.63) is 93.0 Å². The summed E-state index contributed by atoms with van der Waals surface area (Å²) in [5.74, 6) is 2.50. The number of benzene rings is 4. The number of carbonyl (C=O) groups excluding carboxylic acids is 4. The Balaban J connectivity index is 2.10. The molecule has 1 aliphatic rings. The monoisotopic (exact) mass is 1220 g/mol. The van der Waals surface area contributed by atoms with Gasteiger partial charge in [-0.15, -0.1) is 0 Å². The van der Waals surface area contributed by atoms with Gasteiger partial charge in [0.15, 0.2) is 0 Å². The molecular weight excluding hydrogens is 1110 g/mol. The Morgan fingerprint density at radius 1 is 0.307 bits per heavy atom. The largest absolute Gasteiger partial charge is 0.493 e. The van der Waals surface area contributed by atoms with Crippen molar-refractivity contribution in [2.24, 2.45) is 0 Å². The summed E-state index contributed by atoms with van der Waals surface area (Å²) in [4.78, 5) is 63.4. The topological polar surface area (TPSA) is 155 Å². The van der Waals surface area contributed by atoms with Crippen LogP contribution in [0.4, 0.5) is 41.9 Å². The molecule has 16 nitrogen and oxygen atoms in total. The summed E-state index contributed by atoms with van der Waals surface area (Å²) in [6.07, 6.45) is 9.58.